The summed E-state index contributed by atoms with van der Waals surface area (Å²) >= 11 is 0. The van der Waals surface area contributed by atoms with Crippen LogP contribution in [-0.4, -0.2) is 30.1 Å². The molecule has 0 bridgehead atoms. The number of hydrogen-bond acceptors (Lipinski definition) is 5. The van der Waals surface area contributed by atoms with Gasteiger partial charge >= 0.3 is 0 Å². The minimum absolute atomic E-state index is 0.0265. The summed E-state index contributed by atoms with van der Waals surface area (Å²) in [5, 5.41) is 14.9. The van der Waals surface area contributed by atoms with Crippen molar-refractivity contribution in [3.8, 4) is 5.75 Å². The lowest BCUT2D eigenvalue weighted by atomic mass is 10.1. The summed E-state index contributed by atoms with van der Waals surface area (Å²) in [6, 6.07) is 12.5. The second kappa shape index (κ2) is 9.55. The summed E-state index contributed by atoms with van der Waals surface area (Å²) in [7, 11) is 0. The van der Waals surface area contributed by atoms with Crippen molar-refractivity contribution < 1.29 is 19.4 Å². The molecule has 0 aliphatic heterocycles. The third kappa shape index (κ3) is 6.19. The van der Waals surface area contributed by atoms with Crippen LogP contribution in [0.5, 0.6) is 5.75 Å². The van der Waals surface area contributed by atoms with Crippen LogP contribution in [0.4, 0.5) is 5.69 Å². The Morgan fingerprint density at radius 2 is 1.81 bits per heavy atom. The summed E-state index contributed by atoms with van der Waals surface area (Å²) in [6.45, 7) is 2.13. The van der Waals surface area contributed by atoms with Crippen LogP contribution in [0.25, 0.3) is 0 Å². The monoisotopic (exact) mass is 357 g/mol. The van der Waals surface area contributed by atoms with Crippen LogP contribution >= 0.6 is 0 Å². The predicted molar refractivity (Wildman–Crippen MR) is 98.5 cm³/mol. The van der Waals surface area contributed by atoms with Gasteiger partial charge < -0.3 is 26.2 Å². The minimum atomic E-state index is -0.450. The second-order valence-electron chi connectivity index (χ2n) is 5.86. The Hall–Kier alpha value is -2.90. The molecule has 26 heavy (non-hydrogen) atoms. The van der Waals surface area contributed by atoms with Gasteiger partial charge in [-0.3, -0.25) is 9.59 Å². The molecule has 2 aromatic carbocycles. The number of aromatic hydroxyl groups is 1. The van der Waals surface area contributed by atoms with Crippen molar-refractivity contribution in [2.45, 2.75) is 20.0 Å². The number of nitrogens with two attached hydrogens (primary N) is 1. The van der Waals surface area contributed by atoms with Gasteiger partial charge in [0.2, 0.25) is 11.8 Å². The average molecular weight is 357 g/mol. The molecule has 7 heteroatoms. The molecule has 0 aliphatic rings. The van der Waals surface area contributed by atoms with Crippen LogP contribution in [0.3, 0.4) is 0 Å². The Bertz CT molecular complexity index is 777. The zero-order chi connectivity index (χ0) is 18.9. The van der Waals surface area contributed by atoms with Gasteiger partial charge in [-0.05, 0) is 35.7 Å². The SMILES string of the molecule is Cc1ccc(O)c(NC(=O)COCC(=O)NCc2cccc(CN)c2)c1. The number of benzene rings is 2. The fraction of sp³-hybridized carbons (Fsp3) is 0.263. The van der Waals surface area contributed by atoms with Crippen molar-refractivity contribution >= 4 is 17.5 Å². The van der Waals surface area contributed by atoms with Crippen LogP contribution in [0.1, 0.15) is 16.7 Å². The van der Waals surface area contributed by atoms with E-state index in [2.05, 4.69) is 10.6 Å². The molecule has 0 spiro atoms. The Kier molecular flexibility index (Phi) is 7.13. The van der Waals surface area contributed by atoms with E-state index in [4.69, 9.17) is 10.5 Å². The summed E-state index contributed by atoms with van der Waals surface area (Å²) in [4.78, 5) is 23.6. The summed E-state index contributed by atoms with van der Waals surface area (Å²) in [5.41, 5.74) is 8.72. The third-order valence-electron chi connectivity index (χ3n) is 3.61. The first-order chi connectivity index (χ1) is 12.5. The quantitative estimate of drug-likeness (QED) is 0.534. The van der Waals surface area contributed by atoms with Crippen LogP contribution < -0.4 is 16.4 Å². The summed E-state index contributed by atoms with van der Waals surface area (Å²) in [6.07, 6.45) is 0. The molecular weight excluding hydrogens is 334 g/mol. The zero-order valence-electron chi connectivity index (χ0n) is 14.6. The second-order valence-corrected chi connectivity index (χ2v) is 5.86. The Labute approximate surface area is 152 Å². The van der Waals surface area contributed by atoms with Crippen LogP contribution in [0.2, 0.25) is 0 Å². The predicted octanol–water partition coefficient (Wildman–Crippen LogP) is 1.43. The number of anilines is 1. The molecule has 2 rings (SSSR count). The lowest BCUT2D eigenvalue weighted by Crippen LogP contribution is -2.29. The normalized spacial score (nSPS) is 10.4. The maximum atomic E-state index is 11.8. The fourth-order valence-corrected chi connectivity index (χ4v) is 2.29. The van der Waals surface area contributed by atoms with E-state index >= 15 is 0 Å². The molecule has 0 aliphatic carbocycles. The van der Waals surface area contributed by atoms with Crippen molar-refractivity contribution in [1.29, 1.82) is 0 Å². The Morgan fingerprint density at radius 1 is 1.08 bits per heavy atom. The molecule has 138 valence electrons. The Balaban J connectivity index is 1.70. The van der Waals surface area contributed by atoms with E-state index in [1.54, 1.807) is 12.1 Å². The van der Waals surface area contributed by atoms with E-state index in [9.17, 15) is 14.7 Å². The van der Waals surface area contributed by atoms with Gasteiger partial charge in [0.25, 0.3) is 0 Å². The third-order valence-corrected chi connectivity index (χ3v) is 3.61. The number of rotatable bonds is 8. The lowest BCUT2D eigenvalue weighted by Gasteiger charge is -2.09. The van der Waals surface area contributed by atoms with E-state index in [0.29, 0.717) is 18.8 Å². The van der Waals surface area contributed by atoms with Gasteiger partial charge in [0.15, 0.2) is 0 Å². The van der Waals surface area contributed by atoms with E-state index in [1.807, 2.05) is 31.2 Å². The number of phenolic OH excluding ortho intramolecular Hbond substituents is 1. The molecule has 0 aromatic heterocycles. The molecule has 5 N–H and O–H groups in total. The maximum Gasteiger partial charge on any atom is 0.250 e. The molecular formula is C19H23N3O4. The molecule has 2 aromatic rings. The molecule has 0 radical (unpaired) electrons. The van der Waals surface area contributed by atoms with Crippen molar-refractivity contribution in [3.05, 3.63) is 59.2 Å². The van der Waals surface area contributed by atoms with Gasteiger partial charge in [0, 0.05) is 13.1 Å². The van der Waals surface area contributed by atoms with Crippen molar-refractivity contribution in [2.24, 2.45) is 5.73 Å². The number of ether oxygens (including phenoxy) is 1. The fourth-order valence-electron chi connectivity index (χ4n) is 2.29. The van der Waals surface area contributed by atoms with E-state index < -0.39 is 5.91 Å². The Morgan fingerprint density at radius 3 is 2.58 bits per heavy atom. The number of amides is 2. The minimum Gasteiger partial charge on any atom is -0.506 e. The molecule has 0 fully saturated rings. The molecule has 0 unspecified atom stereocenters. The van der Waals surface area contributed by atoms with Crippen LogP contribution in [0.15, 0.2) is 42.5 Å². The van der Waals surface area contributed by atoms with Crippen LogP contribution in [-0.2, 0) is 27.4 Å². The summed E-state index contributed by atoms with van der Waals surface area (Å²) < 4.78 is 5.11. The average Bonchev–Trinajstić information content (AvgIpc) is 2.63. The van der Waals surface area contributed by atoms with Crippen molar-refractivity contribution in [1.82, 2.24) is 5.32 Å². The summed E-state index contributed by atoms with van der Waals surface area (Å²) in [5.74, 6) is -0.801. The number of hydrogen-bond donors (Lipinski definition) is 4. The highest BCUT2D eigenvalue weighted by Gasteiger charge is 2.08. The number of carbonyl (C=O) groups is 2. The highest BCUT2D eigenvalue weighted by Crippen LogP contribution is 2.23. The molecule has 2 amide bonds. The van der Waals surface area contributed by atoms with Gasteiger partial charge in [0.05, 0.1) is 5.69 Å². The highest BCUT2D eigenvalue weighted by atomic mass is 16.5. The number of carbonyl (C=O) groups excluding carboxylic acids is 2. The van der Waals surface area contributed by atoms with Gasteiger partial charge in [-0.25, -0.2) is 0 Å². The topological polar surface area (TPSA) is 114 Å². The lowest BCUT2D eigenvalue weighted by molar-refractivity contribution is -0.128. The molecule has 0 heterocycles. The number of phenols is 1. The molecule has 7 nitrogen and oxygen atoms in total. The smallest absolute Gasteiger partial charge is 0.250 e. The van der Waals surface area contributed by atoms with Gasteiger partial charge in [0.1, 0.15) is 19.0 Å². The van der Waals surface area contributed by atoms with Crippen molar-refractivity contribution in [3.63, 3.8) is 0 Å². The van der Waals surface area contributed by atoms with Gasteiger partial charge in [-0.2, -0.15) is 0 Å². The number of aryl methyl sites for hydroxylation is 1. The molecule has 0 atom stereocenters. The van der Waals surface area contributed by atoms with Gasteiger partial charge in [-0.1, -0.05) is 30.3 Å². The first kappa shape index (κ1) is 19.4. The first-order valence-electron chi connectivity index (χ1n) is 8.19. The van der Waals surface area contributed by atoms with E-state index in [0.717, 1.165) is 16.7 Å². The standard InChI is InChI=1S/C19H23N3O4/c1-13-5-6-17(23)16(7-13)22-19(25)12-26-11-18(24)21-10-15-4-2-3-14(8-15)9-20/h2-8,23H,9-12,20H2,1H3,(H,21,24)(H,22,25). The first-order valence-corrected chi connectivity index (χ1v) is 8.19. The van der Waals surface area contributed by atoms with Crippen LogP contribution in [0, 0.1) is 6.92 Å². The zero-order valence-corrected chi connectivity index (χ0v) is 14.6. The van der Waals surface area contributed by atoms with E-state index in [1.165, 1.54) is 6.07 Å². The van der Waals surface area contributed by atoms with Crippen molar-refractivity contribution in [2.75, 3.05) is 18.5 Å². The van der Waals surface area contributed by atoms with Gasteiger partial charge in [-0.15, -0.1) is 0 Å². The molecule has 0 saturated heterocycles. The number of nitrogens with one attached hydrogen (secondary N) is 2. The van der Waals surface area contributed by atoms with E-state index in [-0.39, 0.29) is 24.9 Å². The largest absolute Gasteiger partial charge is 0.506 e. The highest BCUT2D eigenvalue weighted by molar-refractivity contribution is 5.93. The molecule has 0 saturated carbocycles. The maximum absolute atomic E-state index is 11.8.